The van der Waals surface area contributed by atoms with E-state index in [2.05, 4.69) is 5.16 Å². The van der Waals surface area contributed by atoms with E-state index in [1.54, 1.807) is 43.6 Å². The molecule has 1 saturated heterocycles. The molecule has 0 bridgehead atoms. The van der Waals surface area contributed by atoms with E-state index in [4.69, 9.17) is 19.0 Å². The Kier molecular flexibility index (Phi) is 9.84. The highest BCUT2D eigenvalue weighted by molar-refractivity contribution is 7.09. The SMILES string of the molecule is COc1ccccc1/C(=C/n1cc(/C(C)=N/OC(C)C)c(=O)n(N(C)Cc2cccs2)c1=O)OC1CCOCC1. The molecular formula is C29H36N4O6S. The van der Waals surface area contributed by atoms with Gasteiger partial charge in [-0.1, -0.05) is 23.4 Å². The van der Waals surface area contributed by atoms with E-state index in [0.29, 0.717) is 55.4 Å². The molecule has 1 aliphatic heterocycles. The summed E-state index contributed by atoms with van der Waals surface area (Å²) in [5, 5.41) is 7.70. The third-order valence-electron chi connectivity index (χ3n) is 6.28. The number of benzene rings is 1. The molecule has 10 nitrogen and oxygen atoms in total. The molecule has 11 heteroatoms. The number of aromatic nitrogens is 2. The second kappa shape index (κ2) is 13.5. The summed E-state index contributed by atoms with van der Waals surface area (Å²) < 4.78 is 20.0. The van der Waals surface area contributed by atoms with Crippen molar-refractivity contribution in [3.63, 3.8) is 0 Å². The lowest BCUT2D eigenvalue weighted by atomic mass is 10.1. The molecule has 0 radical (unpaired) electrons. The van der Waals surface area contributed by atoms with Crippen molar-refractivity contribution >= 4 is 29.0 Å². The highest BCUT2D eigenvalue weighted by Crippen LogP contribution is 2.30. The smallest absolute Gasteiger partial charge is 0.354 e. The first-order valence-corrected chi connectivity index (χ1v) is 14.1. The van der Waals surface area contributed by atoms with Gasteiger partial charge in [-0.2, -0.15) is 4.68 Å². The van der Waals surface area contributed by atoms with Crippen LogP contribution in [0.1, 0.15) is 49.6 Å². The maximum absolute atomic E-state index is 13.9. The largest absolute Gasteiger partial charge is 0.496 e. The second-order valence-corrected chi connectivity index (χ2v) is 10.7. The summed E-state index contributed by atoms with van der Waals surface area (Å²) in [5.41, 5.74) is 0.214. The Morgan fingerprint density at radius 3 is 2.60 bits per heavy atom. The van der Waals surface area contributed by atoms with Crippen LogP contribution in [-0.2, 0) is 20.9 Å². The van der Waals surface area contributed by atoms with Gasteiger partial charge in [-0.3, -0.25) is 9.36 Å². The van der Waals surface area contributed by atoms with Crippen LogP contribution in [0.25, 0.3) is 12.0 Å². The van der Waals surface area contributed by atoms with E-state index in [-0.39, 0.29) is 17.8 Å². The fraction of sp³-hybridized carbons (Fsp3) is 0.414. The van der Waals surface area contributed by atoms with Crippen molar-refractivity contribution in [1.29, 1.82) is 0 Å². The second-order valence-electron chi connectivity index (χ2n) is 9.70. The Labute approximate surface area is 237 Å². The molecule has 3 aromatic rings. The Morgan fingerprint density at radius 2 is 1.93 bits per heavy atom. The molecule has 1 aromatic carbocycles. The Hall–Kier alpha value is -3.83. The molecule has 0 spiro atoms. The molecule has 0 N–H and O–H groups in total. The number of hydrogen-bond donors (Lipinski definition) is 0. The number of para-hydroxylation sites is 1. The van der Waals surface area contributed by atoms with E-state index in [1.807, 2.05) is 55.6 Å². The Bertz CT molecular complexity index is 1450. The van der Waals surface area contributed by atoms with Crippen molar-refractivity contribution in [1.82, 2.24) is 9.24 Å². The summed E-state index contributed by atoms with van der Waals surface area (Å²) >= 11 is 1.55. The minimum atomic E-state index is -0.548. The van der Waals surface area contributed by atoms with Crippen LogP contribution in [0.5, 0.6) is 5.75 Å². The van der Waals surface area contributed by atoms with Crippen molar-refractivity contribution in [3.8, 4) is 5.75 Å². The predicted octanol–water partition coefficient (Wildman–Crippen LogP) is 4.15. The van der Waals surface area contributed by atoms with Crippen LogP contribution in [0.4, 0.5) is 0 Å². The Morgan fingerprint density at radius 1 is 1.18 bits per heavy atom. The van der Waals surface area contributed by atoms with Gasteiger partial charge < -0.3 is 24.1 Å². The number of nitrogens with zero attached hydrogens (tertiary/aromatic N) is 4. The lowest BCUT2D eigenvalue weighted by molar-refractivity contribution is 0.0139. The third-order valence-corrected chi connectivity index (χ3v) is 7.14. The van der Waals surface area contributed by atoms with Gasteiger partial charge >= 0.3 is 5.69 Å². The number of thiophene rings is 1. The van der Waals surface area contributed by atoms with E-state index >= 15 is 0 Å². The van der Waals surface area contributed by atoms with Gasteiger partial charge in [-0.05, 0) is 44.4 Å². The number of ether oxygens (including phenoxy) is 3. The van der Waals surface area contributed by atoms with Gasteiger partial charge in [0.2, 0.25) is 0 Å². The molecule has 40 heavy (non-hydrogen) atoms. The summed E-state index contributed by atoms with van der Waals surface area (Å²) in [5.74, 6) is 1.04. The van der Waals surface area contributed by atoms with Gasteiger partial charge in [0.1, 0.15) is 23.7 Å². The summed E-state index contributed by atoms with van der Waals surface area (Å²) in [7, 11) is 3.29. The van der Waals surface area contributed by atoms with E-state index in [1.165, 1.54) is 10.8 Å². The van der Waals surface area contributed by atoms with Gasteiger partial charge in [-0.25, -0.2) is 4.79 Å². The van der Waals surface area contributed by atoms with Gasteiger partial charge in [-0.15, -0.1) is 11.3 Å². The molecule has 1 aliphatic rings. The normalized spacial score (nSPS) is 14.8. The monoisotopic (exact) mass is 568 g/mol. The average Bonchev–Trinajstić information content (AvgIpc) is 3.46. The maximum atomic E-state index is 13.9. The van der Waals surface area contributed by atoms with Crippen LogP contribution in [0.2, 0.25) is 0 Å². The van der Waals surface area contributed by atoms with Crippen molar-refractivity contribution < 1.29 is 19.0 Å². The molecule has 0 amide bonds. The summed E-state index contributed by atoms with van der Waals surface area (Å²) in [6.07, 6.45) is 4.24. The van der Waals surface area contributed by atoms with Crippen LogP contribution in [-0.4, -0.2) is 54.5 Å². The zero-order valence-electron chi connectivity index (χ0n) is 23.5. The Balaban J connectivity index is 1.89. The van der Waals surface area contributed by atoms with Crippen LogP contribution >= 0.6 is 11.3 Å². The van der Waals surface area contributed by atoms with E-state index in [9.17, 15) is 9.59 Å². The zero-order chi connectivity index (χ0) is 28.6. The molecular weight excluding hydrogens is 532 g/mol. The molecule has 3 heterocycles. The topological polar surface area (TPSA) is 96.5 Å². The van der Waals surface area contributed by atoms with Gasteiger partial charge in [0.15, 0.2) is 0 Å². The molecule has 0 atom stereocenters. The number of oxime groups is 1. The van der Waals surface area contributed by atoms with Gasteiger partial charge in [0.05, 0.1) is 49.9 Å². The van der Waals surface area contributed by atoms with E-state index < -0.39 is 11.2 Å². The van der Waals surface area contributed by atoms with Gasteiger partial charge in [0, 0.05) is 31.0 Å². The quantitative estimate of drug-likeness (QED) is 0.195. The minimum Gasteiger partial charge on any atom is -0.496 e. The third kappa shape index (κ3) is 7.02. The van der Waals surface area contributed by atoms with Crippen molar-refractivity contribution in [2.75, 3.05) is 32.4 Å². The average molecular weight is 569 g/mol. The highest BCUT2D eigenvalue weighted by atomic mass is 32.1. The minimum absolute atomic E-state index is 0.102. The van der Waals surface area contributed by atoms with Gasteiger partial charge in [0.25, 0.3) is 5.56 Å². The summed E-state index contributed by atoms with van der Waals surface area (Å²) in [4.78, 5) is 34.0. The molecule has 214 valence electrons. The summed E-state index contributed by atoms with van der Waals surface area (Å²) in [6.45, 7) is 6.94. The number of rotatable bonds is 11. The predicted molar refractivity (Wildman–Crippen MR) is 158 cm³/mol. The number of methoxy groups -OCH3 is 1. The zero-order valence-corrected chi connectivity index (χ0v) is 24.3. The lowest BCUT2D eigenvalue weighted by Crippen LogP contribution is -2.51. The fourth-order valence-corrected chi connectivity index (χ4v) is 5.00. The first kappa shape index (κ1) is 29.2. The molecule has 1 fully saturated rings. The molecule has 0 saturated carbocycles. The van der Waals surface area contributed by atoms with Crippen molar-refractivity contribution in [2.24, 2.45) is 5.16 Å². The lowest BCUT2D eigenvalue weighted by Gasteiger charge is -2.26. The van der Waals surface area contributed by atoms with Crippen LogP contribution in [0, 0.1) is 0 Å². The van der Waals surface area contributed by atoms with Crippen LogP contribution in [0.15, 0.2) is 62.7 Å². The van der Waals surface area contributed by atoms with Crippen LogP contribution < -0.4 is 21.0 Å². The standard InChI is InChI=1S/C29H36N4O6S/c1-20(2)39-30-21(3)25-18-32(29(35)33(28(25)34)31(4)17-23-9-8-16-40-23)19-27(38-22-12-14-37-15-13-22)24-10-6-7-11-26(24)36-5/h6-11,16,18-20,22H,12-15,17H2,1-5H3/b27-19-,30-21+. The maximum Gasteiger partial charge on any atom is 0.354 e. The van der Waals surface area contributed by atoms with Crippen molar-refractivity contribution in [2.45, 2.75) is 52.4 Å². The van der Waals surface area contributed by atoms with Crippen molar-refractivity contribution in [3.05, 3.63) is 84.8 Å². The molecule has 0 aliphatic carbocycles. The highest BCUT2D eigenvalue weighted by Gasteiger charge is 2.22. The fourth-order valence-electron chi connectivity index (χ4n) is 4.25. The first-order chi connectivity index (χ1) is 19.3. The molecule has 2 aromatic heterocycles. The van der Waals surface area contributed by atoms with Crippen LogP contribution in [0.3, 0.4) is 0 Å². The summed E-state index contributed by atoms with van der Waals surface area (Å²) in [6, 6.07) is 11.3. The molecule has 4 rings (SSSR count). The number of hydrogen-bond acceptors (Lipinski definition) is 9. The first-order valence-electron chi connectivity index (χ1n) is 13.2. The van der Waals surface area contributed by atoms with E-state index in [0.717, 1.165) is 9.55 Å². The molecule has 0 unspecified atom stereocenters.